The molecule has 0 spiro atoms. The summed E-state index contributed by atoms with van der Waals surface area (Å²) in [6, 6.07) is 9.97. The lowest BCUT2D eigenvalue weighted by atomic mass is 10.2. The van der Waals surface area contributed by atoms with Crippen molar-refractivity contribution in [2.75, 3.05) is 0 Å². The van der Waals surface area contributed by atoms with Crippen molar-refractivity contribution in [3.8, 4) is 0 Å². The molecule has 6 heteroatoms. The molecule has 2 heterocycles. The van der Waals surface area contributed by atoms with E-state index in [-0.39, 0.29) is 5.69 Å². The minimum atomic E-state index is -0.260. The molecule has 3 rings (SSSR count). The van der Waals surface area contributed by atoms with E-state index in [1.165, 1.54) is 4.57 Å². The first kappa shape index (κ1) is 13.5. The number of fused-ring (bicyclic) bond motifs is 1. The molecule has 0 saturated carbocycles. The van der Waals surface area contributed by atoms with Crippen LogP contribution in [-0.2, 0) is 14.1 Å². The second-order valence-electron chi connectivity index (χ2n) is 4.76. The number of H-pyrrole nitrogens is 1. The van der Waals surface area contributed by atoms with Crippen LogP contribution < -0.4 is 5.69 Å². The maximum Gasteiger partial charge on any atom is 0.327 e. The fraction of sp³-hybridized carbons (Fsp3) is 0.133. The SMILES string of the molecule is Cn1c(/C=C/c2ccccc2)nc2c1c(=S)[nH]c(=O)n2C. The molecule has 0 aliphatic carbocycles. The van der Waals surface area contributed by atoms with Gasteiger partial charge in [-0.3, -0.25) is 9.55 Å². The van der Waals surface area contributed by atoms with Crippen molar-refractivity contribution < 1.29 is 0 Å². The molecule has 0 unspecified atom stereocenters. The van der Waals surface area contributed by atoms with E-state index in [0.29, 0.717) is 10.3 Å². The standard InChI is InChI=1S/C15H14N4OS/c1-18-11(9-8-10-6-4-3-5-7-10)16-13-12(18)14(21)17-15(20)19(13)2/h3-9H,1-2H3,(H,17,20,21)/b9-8+. The molecule has 0 radical (unpaired) electrons. The van der Waals surface area contributed by atoms with Crippen molar-refractivity contribution in [1.82, 2.24) is 19.1 Å². The van der Waals surface area contributed by atoms with Crippen LogP contribution in [0.4, 0.5) is 0 Å². The van der Waals surface area contributed by atoms with Crippen LogP contribution in [0.15, 0.2) is 35.1 Å². The molecule has 0 aliphatic rings. The van der Waals surface area contributed by atoms with E-state index in [0.717, 1.165) is 16.9 Å². The summed E-state index contributed by atoms with van der Waals surface area (Å²) in [7, 11) is 3.56. The van der Waals surface area contributed by atoms with Gasteiger partial charge in [-0.2, -0.15) is 0 Å². The van der Waals surface area contributed by atoms with Crippen LogP contribution in [0, 0.1) is 4.64 Å². The van der Waals surface area contributed by atoms with E-state index in [4.69, 9.17) is 12.2 Å². The molecule has 106 valence electrons. The predicted octanol–water partition coefficient (Wildman–Crippen LogP) is 2.50. The normalized spacial score (nSPS) is 11.5. The van der Waals surface area contributed by atoms with E-state index in [2.05, 4.69) is 9.97 Å². The molecular formula is C15H14N4OS. The fourth-order valence-electron chi connectivity index (χ4n) is 2.21. The molecule has 1 aromatic carbocycles. The minimum absolute atomic E-state index is 0.260. The zero-order valence-electron chi connectivity index (χ0n) is 11.7. The number of nitrogens with zero attached hydrogens (tertiary/aromatic N) is 3. The van der Waals surface area contributed by atoms with Gasteiger partial charge in [0.25, 0.3) is 0 Å². The third kappa shape index (κ3) is 2.34. The maximum absolute atomic E-state index is 11.7. The number of aromatic nitrogens is 4. The Morgan fingerprint density at radius 1 is 1.14 bits per heavy atom. The van der Waals surface area contributed by atoms with Crippen LogP contribution in [0.25, 0.3) is 23.3 Å². The van der Waals surface area contributed by atoms with Gasteiger partial charge in [0.15, 0.2) is 5.65 Å². The van der Waals surface area contributed by atoms with Gasteiger partial charge < -0.3 is 4.57 Å². The van der Waals surface area contributed by atoms with Crippen molar-refractivity contribution in [3.63, 3.8) is 0 Å². The average molecular weight is 298 g/mol. The highest BCUT2D eigenvalue weighted by atomic mass is 32.1. The Morgan fingerprint density at radius 3 is 2.57 bits per heavy atom. The highest BCUT2D eigenvalue weighted by Crippen LogP contribution is 2.15. The zero-order valence-corrected chi connectivity index (χ0v) is 12.5. The number of nitrogens with one attached hydrogen (secondary N) is 1. The highest BCUT2D eigenvalue weighted by Gasteiger charge is 2.11. The Bertz CT molecular complexity index is 947. The van der Waals surface area contributed by atoms with Crippen LogP contribution in [0.5, 0.6) is 0 Å². The molecule has 0 bridgehead atoms. The lowest BCUT2D eigenvalue weighted by Crippen LogP contribution is -2.20. The molecule has 0 fully saturated rings. The summed E-state index contributed by atoms with van der Waals surface area (Å²) < 4.78 is 3.75. The second kappa shape index (κ2) is 5.14. The zero-order chi connectivity index (χ0) is 15.0. The number of rotatable bonds is 2. The third-order valence-corrected chi connectivity index (χ3v) is 3.69. The number of aromatic amines is 1. The molecule has 0 amide bonds. The average Bonchev–Trinajstić information content (AvgIpc) is 2.81. The molecule has 0 saturated heterocycles. The minimum Gasteiger partial charge on any atom is -0.324 e. The molecule has 1 N–H and O–H groups in total. The largest absolute Gasteiger partial charge is 0.327 e. The summed E-state index contributed by atoms with van der Waals surface area (Å²) in [5, 5.41) is 0. The Hall–Kier alpha value is -2.47. The predicted molar refractivity (Wildman–Crippen MR) is 86.5 cm³/mol. The molecule has 5 nitrogen and oxygen atoms in total. The van der Waals surface area contributed by atoms with E-state index < -0.39 is 0 Å². The van der Waals surface area contributed by atoms with Gasteiger partial charge in [0.2, 0.25) is 0 Å². The topological polar surface area (TPSA) is 55.6 Å². The number of benzene rings is 1. The Morgan fingerprint density at radius 2 is 1.86 bits per heavy atom. The monoisotopic (exact) mass is 298 g/mol. The summed E-state index contributed by atoms with van der Waals surface area (Å²) in [6.07, 6.45) is 3.89. The molecule has 0 atom stereocenters. The number of aryl methyl sites for hydroxylation is 2. The van der Waals surface area contributed by atoms with Gasteiger partial charge in [0.05, 0.1) is 0 Å². The lowest BCUT2D eigenvalue weighted by Gasteiger charge is -1.99. The van der Waals surface area contributed by atoms with Crippen LogP contribution in [0.1, 0.15) is 11.4 Å². The van der Waals surface area contributed by atoms with Gasteiger partial charge in [-0.1, -0.05) is 48.6 Å². The van der Waals surface area contributed by atoms with Crippen molar-refractivity contribution in [1.29, 1.82) is 0 Å². The van der Waals surface area contributed by atoms with Gasteiger partial charge in [0, 0.05) is 14.1 Å². The van der Waals surface area contributed by atoms with Crippen molar-refractivity contribution in [2.24, 2.45) is 14.1 Å². The first-order valence-corrected chi connectivity index (χ1v) is 6.87. The van der Waals surface area contributed by atoms with Gasteiger partial charge in [0.1, 0.15) is 16.0 Å². The second-order valence-corrected chi connectivity index (χ2v) is 5.17. The van der Waals surface area contributed by atoms with Crippen LogP contribution in [0.2, 0.25) is 0 Å². The molecule has 3 aromatic rings. The molecule has 0 aliphatic heterocycles. The van der Waals surface area contributed by atoms with E-state index >= 15 is 0 Å². The number of imidazole rings is 1. The summed E-state index contributed by atoms with van der Waals surface area (Å²) in [6.45, 7) is 0. The highest BCUT2D eigenvalue weighted by molar-refractivity contribution is 7.71. The molecule has 2 aromatic heterocycles. The quantitative estimate of drug-likeness (QED) is 0.740. The smallest absolute Gasteiger partial charge is 0.324 e. The van der Waals surface area contributed by atoms with Crippen LogP contribution in [-0.4, -0.2) is 19.1 Å². The summed E-state index contributed by atoms with van der Waals surface area (Å²) in [4.78, 5) is 18.9. The van der Waals surface area contributed by atoms with Crippen molar-refractivity contribution in [2.45, 2.75) is 0 Å². The van der Waals surface area contributed by atoms with Crippen molar-refractivity contribution in [3.05, 3.63) is 56.8 Å². The van der Waals surface area contributed by atoms with Gasteiger partial charge >= 0.3 is 5.69 Å². The number of hydrogen-bond donors (Lipinski definition) is 1. The summed E-state index contributed by atoms with van der Waals surface area (Å²) in [5.74, 6) is 0.745. The molecule has 21 heavy (non-hydrogen) atoms. The van der Waals surface area contributed by atoms with Gasteiger partial charge in [-0.05, 0) is 11.6 Å². The Kier molecular flexibility index (Phi) is 3.31. The van der Waals surface area contributed by atoms with Gasteiger partial charge in [-0.15, -0.1) is 0 Å². The van der Waals surface area contributed by atoms with Crippen LogP contribution in [0.3, 0.4) is 0 Å². The van der Waals surface area contributed by atoms with E-state index in [9.17, 15) is 4.79 Å². The summed E-state index contributed by atoms with van der Waals surface area (Å²) in [5.41, 5.74) is 2.16. The first-order valence-electron chi connectivity index (χ1n) is 6.47. The first-order chi connectivity index (χ1) is 10.1. The van der Waals surface area contributed by atoms with E-state index in [1.54, 1.807) is 7.05 Å². The van der Waals surface area contributed by atoms with Gasteiger partial charge in [-0.25, -0.2) is 9.78 Å². The Labute approximate surface area is 126 Å². The fourth-order valence-corrected chi connectivity index (χ4v) is 2.52. The van der Waals surface area contributed by atoms with Crippen molar-refractivity contribution >= 4 is 35.5 Å². The summed E-state index contributed by atoms with van der Waals surface area (Å²) >= 11 is 5.23. The third-order valence-electron chi connectivity index (χ3n) is 3.39. The Balaban J connectivity index is 2.17. The maximum atomic E-state index is 11.7. The van der Waals surface area contributed by atoms with Crippen LogP contribution >= 0.6 is 12.2 Å². The lowest BCUT2D eigenvalue weighted by molar-refractivity contribution is 0.836. The number of hydrogen-bond acceptors (Lipinski definition) is 3. The van der Waals surface area contributed by atoms with E-state index in [1.807, 2.05) is 54.1 Å². The molecular weight excluding hydrogens is 284 g/mol.